The number of para-hydroxylation sites is 1. The van der Waals surface area contributed by atoms with Gasteiger partial charge in [0.05, 0.1) is 16.6 Å². The molecule has 7 nitrogen and oxygen atoms in total. The molecular weight excluding hydrogens is 274 g/mol. The fourth-order valence-corrected chi connectivity index (χ4v) is 2.62. The van der Waals surface area contributed by atoms with Crippen LogP contribution in [-0.2, 0) is 4.74 Å². The largest absolute Gasteiger partial charge is 0.382 e. The number of methoxy groups -OCH3 is 1. The fourth-order valence-electron chi connectivity index (χ4n) is 2.62. The number of anilines is 1. The summed E-state index contributed by atoms with van der Waals surface area (Å²) in [7, 11) is 3.21. The lowest BCUT2D eigenvalue weighted by molar-refractivity contribution is -0.384. The average molecular weight is 293 g/mol. The molecule has 0 aliphatic carbocycles. The van der Waals surface area contributed by atoms with Crippen LogP contribution in [0.25, 0.3) is 0 Å². The fraction of sp³-hybridized carbons (Fsp3) is 0.500. The van der Waals surface area contributed by atoms with Gasteiger partial charge in [0, 0.05) is 33.3 Å². The van der Waals surface area contributed by atoms with Gasteiger partial charge in [0.15, 0.2) is 0 Å². The van der Waals surface area contributed by atoms with Gasteiger partial charge >= 0.3 is 0 Å². The van der Waals surface area contributed by atoms with Crippen LogP contribution < -0.4 is 5.32 Å². The van der Waals surface area contributed by atoms with E-state index in [4.69, 9.17) is 4.74 Å². The molecule has 1 aromatic carbocycles. The Hall–Kier alpha value is -2.15. The second-order valence-corrected chi connectivity index (χ2v) is 4.96. The molecule has 1 saturated heterocycles. The van der Waals surface area contributed by atoms with Gasteiger partial charge in [-0.2, -0.15) is 0 Å². The number of nitro benzene ring substituents is 1. The molecule has 1 unspecified atom stereocenters. The van der Waals surface area contributed by atoms with Gasteiger partial charge < -0.3 is 15.0 Å². The van der Waals surface area contributed by atoms with Gasteiger partial charge in [-0.3, -0.25) is 14.9 Å². The third-order valence-electron chi connectivity index (χ3n) is 3.72. The lowest BCUT2D eigenvalue weighted by Gasteiger charge is -2.32. The number of piperidine rings is 1. The SMILES string of the molecule is CNc1c(C(=O)N2CCCC(OC)C2)cccc1[N+](=O)[O-]. The van der Waals surface area contributed by atoms with E-state index in [9.17, 15) is 14.9 Å². The molecule has 1 atom stereocenters. The highest BCUT2D eigenvalue weighted by Crippen LogP contribution is 2.29. The summed E-state index contributed by atoms with van der Waals surface area (Å²) in [6.45, 7) is 1.16. The molecule has 1 aliphatic heterocycles. The van der Waals surface area contributed by atoms with Crippen molar-refractivity contribution in [3.8, 4) is 0 Å². The Balaban J connectivity index is 2.30. The van der Waals surface area contributed by atoms with Crippen LogP contribution >= 0.6 is 0 Å². The Morgan fingerprint density at radius 3 is 2.90 bits per heavy atom. The van der Waals surface area contributed by atoms with Crippen molar-refractivity contribution in [1.29, 1.82) is 0 Å². The number of nitro groups is 1. The van der Waals surface area contributed by atoms with E-state index in [0.717, 1.165) is 12.8 Å². The highest BCUT2D eigenvalue weighted by Gasteiger charge is 2.28. The molecular formula is C14H19N3O4. The van der Waals surface area contributed by atoms with Crippen molar-refractivity contribution in [2.75, 3.05) is 32.6 Å². The first kappa shape index (κ1) is 15.2. The van der Waals surface area contributed by atoms with Crippen molar-refractivity contribution in [1.82, 2.24) is 4.90 Å². The summed E-state index contributed by atoms with van der Waals surface area (Å²) in [5.74, 6) is -0.204. The quantitative estimate of drug-likeness (QED) is 0.677. The van der Waals surface area contributed by atoms with Crippen LogP contribution in [0.15, 0.2) is 18.2 Å². The molecule has 7 heteroatoms. The molecule has 1 fully saturated rings. The molecule has 114 valence electrons. The van der Waals surface area contributed by atoms with Crippen LogP contribution in [0.1, 0.15) is 23.2 Å². The number of hydrogen-bond acceptors (Lipinski definition) is 5. The van der Waals surface area contributed by atoms with Crippen molar-refractivity contribution in [3.05, 3.63) is 33.9 Å². The molecule has 1 amide bonds. The first-order valence-electron chi connectivity index (χ1n) is 6.85. The van der Waals surface area contributed by atoms with Crippen LogP contribution in [0.2, 0.25) is 0 Å². The minimum Gasteiger partial charge on any atom is -0.382 e. The Morgan fingerprint density at radius 2 is 2.29 bits per heavy atom. The molecule has 0 radical (unpaired) electrons. The zero-order chi connectivity index (χ0) is 15.4. The molecule has 2 rings (SSSR count). The predicted octanol–water partition coefficient (Wildman–Crippen LogP) is 1.89. The number of benzene rings is 1. The van der Waals surface area contributed by atoms with Crippen molar-refractivity contribution in [2.45, 2.75) is 18.9 Å². The van der Waals surface area contributed by atoms with E-state index in [2.05, 4.69) is 5.32 Å². The third kappa shape index (κ3) is 3.13. The van der Waals surface area contributed by atoms with Crippen molar-refractivity contribution < 1.29 is 14.5 Å². The molecule has 0 bridgehead atoms. The van der Waals surface area contributed by atoms with E-state index >= 15 is 0 Å². The van der Waals surface area contributed by atoms with Crippen LogP contribution in [-0.4, -0.2) is 49.1 Å². The number of hydrogen-bond donors (Lipinski definition) is 1. The second-order valence-electron chi connectivity index (χ2n) is 4.96. The summed E-state index contributed by atoms with van der Waals surface area (Å²) in [5.41, 5.74) is 0.485. The van der Waals surface area contributed by atoms with Crippen LogP contribution in [0.4, 0.5) is 11.4 Å². The summed E-state index contributed by atoms with van der Waals surface area (Å²) in [4.78, 5) is 24.9. The zero-order valence-electron chi connectivity index (χ0n) is 12.2. The number of ether oxygens (including phenoxy) is 1. The number of likely N-dealkylation sites (tertiary alicyclic amines) is 1. The number of carbonyl (C=O) groups is 1. The standard InChI is InChI=1S/C14H19N3O4/c1-15-13-11(6-3-7-12(13)17(19)20)14(18)16-8-4-5-10(9-16)21-2/h3,6-7,10,15H,4-5,8-9H2,1-2H3. The lowest BCUT2D eigenvalue weighted by atomic mass is 10.0. The maximum Gasteiger partial charge on any atom is 0.293 e. The smallest absolute Gasteiger partial charge is 0.293 e. The highest BCUT2D eigenvalue weighted by molar-refractivity contribution is 6.01. The topological polar surface area (TPSA) is 84.7 Å². The van der Waals surface area contributed by atoms with E-state index in [-0.39, 0.29) is 23.4 Å². The molecule has 0 saturated carbocycles. The van der Waals surface area contributed by atoms with Gasteiger partial charge in [0.1, 0.15) is 5.69 Å². The normalized spacial score (nSPS) is 18.4. The maximum atomic E-state index is 12.6. The van der Waals surface area contributed by atoms with Gasteiger partial charge in [-0.05, 0) is 18.9 Å². The molecule has 1 aromatic rings. The summed E-state index contributed by atoms with van der Waals surface area (Å²) in [5, 5.41) is 13.8. The summed E-state index contributed by atoms with van der Waals surface area (Å²) >= 11 is 0. The summed E-state index contributed by atoms with van der Waals surface area (Å²) in [6, 6.07) is 4.53. The van der Waals surface area contributed by atoms with E-state index in [1.54, 1.807) is 25.1 Å². The minimum absolute atomic E-state index is 0.0273. The van der Waals surface area contributed by atoms with Crippen LogP contribution in [0, 0.1) is 10.1 Å². The minimum atomic E-state index is -0.489. The zero-order valence-corrected chi connectivity index (χ0v) is 12.2. The summed E-state index contributed by atoms with van der Waals surface area (Å²) < 4.78 is 5.31. The predicted molar refractivity (Wildman–Crippen MR) is 78.6 cm³/mol. The van der Waals surface area contributed by atoms with Crippen molar-refractivity contribution in [2.24, 2.45) is 0 Å². The summed E-state index contributed by atoms with van der Waals surface area (Å²) in [6.07, 6.45) is 1.82. The molecule has 21 heavy (non-hydrogen) atoms. The monoisotopic (exact) mass is 293 g/mol. The van der Waals surface area contributed by atoms with Gasteiger partial charge in [0.25, 0.3) is 11.6 Å². The third-order valence-corrected chi connectivity index (χ3v) is 3.72. The molecule has 1 heterocycles. The number of amides is 1. The first-order valence-corrected chi connectivity index (χ1v) is 6.85. The number of carbonyl (C=O) groups excluding carboxylic acids is 1. The van der Waals surface area contributed by atoms with E-state index < -0.39 is 4.92 Å². The maximum absolute atomic E-state index is 12.6. The van der Waals surface area contributed by atoms with Gasteiger partial charge in [-0.1, -0.05) is 6.07 Å². The Kier molecular flexibility index (Phi) is 4.74. The van der Waals surface area contributed by atoms with E-state index in [1.165, 1.54) is 12.1 Å². The molecule has 1 N–H and O–H groups in total. The number of nitrogens with one attached hydrogen (secondary N) is 1. The molecule has 1 aliphatic rings. The average Bonchev–Trinajstić information content (AvgIpc) is 2.53. The van der Waals surface area contributed by atoms with Gasteiger partial charge in [0.2, 0.25) is 0 Å². The van der Waals surface area contributed by atoms with Crippen molar-refractivity contribution in [3.63, 3.8) is 0 Å². The van der Waals surface area contributed by atoms with E-state index in [0.29, 0.717) is 18.7 Å². The second kappa shape index (κ2) is 6.53. The van der Waals surface area contributed by atoms with E-state index in [1.807, 2.05) is 0 Å². The van der Waals surface area contributed by atoms with Crippen LogP contribution in [0.3, 0.4) is 0 Å². The van der Waals surface area contributed by atoms with Crippen LogP contribution in [0.5, 0.6) is 0 Å². The first-order chi connectivity index (χ1) is 10.1. The molecule has 0 spiro atoms. The number of rotatable bonds is 4. The Bertz CT molecular complexity index is 547. The molecule has 0 aromatic heterocycles. The Labute approximate surface area is 123 Å². The Morgan fingerprint density at radius 1 is 1.52 bits per heavy atom. The van der Waals surface area contributed by atoms with Crippen molar-refractivity contribution >= 4 is 17.3 Å². The number of nitrogens with zero attached hydrogens (tertiary/aromatic N) is 2. The lowest BCUT2D eigenvalue weighted by Crippen LogP contribution is -2.43. The highest BCUT2D eigenvalue weighted by atomic mass is 16.6. The van der Waals surface area contributed by atoms with Gasteiger partial charge in [-0.15, -0.1) is 0 Å². The van der Waals surface area contributed by atoms with Gasteiger partial charge in [-0.25, -0.2) is 0 Å².